The summed E-state index contributed by atoms with van der Waals surface area (Å²) in [7, 11) is 0. The van der Waals surface area contributed by atoms with Crippen molar-refractivity contribution in [2.45, 2.75) is 52.1 Å². The smallest absolute Gasteiger partial charge is 0.409 e. The summed E-state index contributed by atoms with van der Waals surface area (Å²) >= 11 is 0. The molecule has 0 aliphatic carbocycles. The third-order valence-corrected chi connectivity index (χ3v) is 5.70. The Kier molecular flexibility index (Phi) is 6.23. The van der Waals surface area contributed by atoms with Gasteiger partial charge in [0.2, 0.25) is 0 Å². The molecule has 0 radical (unpaired) electrons. The van der Waals surface area contributed by atoms with Gasteiger partial charge in [-0.1, -0.05) is 6.92 Å². The first-order chi connectivity index (χ1) is 14.3. The number of benzene rings is 1. The van der Waals surface area contributed by atoms with Gasteiger partial charge in [-0.2, -0.15) is 0 Å². The third kappa shape index (κ3) is 3.81. The van der Waals surface area contributed by atoms with Crippen LogP contribution < -0.4 is 11.2 Å². The highest BCUT2D eigenvalue weighted by Gasteiger charge is 2.28. The summed E-state index contributed by atoms with van der Waals surface area (Å²) < 4.78 is 7.77. The van der Waals surface area contributed by atoms with Crippen LogP contribution in [0.3, 0.4) is 0 Å². The third-order valence-electron chi connectivity index (χ3n) is 5.70. The van der Waals surface area contributed by atoms with Crippen LogP contribution in [0.5, 0.6) is 0 Å². The number of aromatic nitrogens is 2. The van der Waals surface area contributed by atoms with Crippen LogP contribution in [0.1, 0.15) is 52.1 Å². The van der Waals surface area contributed by atoms with E-state index in [2.05, 4.69) is 0 Å². The second kappa shape index (κ2) is 8.68. The van der Waals surface area contributed by atoms with Crippen molar-refractivity contribution in [3.8, 4) is 0 Å². The van der Waals surface area contributed by atoms with Crippen molar-refractivity contribution in [2.75, 3.05) is 19.7 Å². The highest BCUT2D eigenvalue weighted by atomic mass is 16.6. The number of ether oxygens (including phenoxy) is 1. The minimum absolute atomic E-state index is 0.150. The molecule has 1 fully saturated rings. The molecule has 0 spiro atoms. The Labute approximate surface area is 172 Å². The van der Waals surface area contributed by atoms with Gasteiger partial charge in [-0.05, 0) is 39.2 Å². The van der Waals surface area contributed by atoms with Gasteiger partial charge in [-0.3, -0.25) is 24.0 Å². The summed E-state index contributed by atoms with van der Waals surface area (Å²) in [4.78, 5) is 50.7. The topological polar surface area (TPSA) is 117 Å². The first-order valence-electron chi connectivity index (χ1n) is 10.2. The zero-order valence-electron chi connectivity index (χ0n) is 17.4. The van der Waals surface area contributed by atoms with Gasteiger partial charge in [0.05, 0.1) is 22.4 Å². The molecule has 162 valence electrons. The van der Waals surface area contributed by atoms with Crippen LogP contribution in [0, 0.1) is 10.1 Å². The largest absolute Gasteiger partial charge is 0.450 e. The predicted octanol–water partition coefficient (Wildman–Crippen LogP) is 2.84. The van der Waals surface area contributed by atoms with Crippen molar-refractivity contribution in [1.29, 1.82) is 0 Å². The van der Waals surface area contributed by atoms with E-state index in [4.69, 9.17) is 4.74 Å². The molecule has 1 aromatic carbocycles. The van der Waals surface area contributed by atoms with Crippen molar-refractivity contribution in [3.63, 3.8) is 0 Å². The lowest BCUT2D eigenvalue weighted by Crippen LogP contribution is -2.47. The summed E-state index contributed by atoms with van der Waals surface area (Å²) in [5, 5.41) is 11.4. The molecule has 1 saturated heterocycles. The van der Waals surface area contributed by atoms with Gasteiger partial charge >= 0.3 is 11.8 Å². The van der Waals surface area contributed by atoms with Crippen LogP contribution in [-0.4, -0.2) is 44.7 Å². The Morgan fingerprint density at radius 1 is 1.27 bits per heavy atom. The SMILES string of the molecule is CCOC(=O)N1CCC(n2c(=O)c3cc([N+](=O)[O-])ccc3n(C(C)CC)c2=O)CC1. The van der Waals surface area contributed by atoms with Gasteiger partial charge in [0, 0.05) is 37.3 Å². The van der Waals surface area contributed by atoms with Crippen LogP contribution >= 0.6 is 0 Å². The summed E-state index contributed by atoms with van der Waals surface area (Å²) in [6, 6.07) is 3.43. The molecule has 0 bridgehead atoms. The van der Waals surface area contributed by atoms with E-state index in [-0.39, 0.29) is 23.7 Å². The summed E-state index contributed by atoms with van der Waals surface area (Å²) in [6.07, 6.45) is 1.10. The van der Waals surface area contributed by atoms with Crippen LogP contribution in [0.4, 0.5) is 10.5 Å². The number of nitrogens with zero attached hydrogens (tertiary/aromatic N) is 4. The van der Waals surface area contributed by atoms with Crippen molar-refractivity contribution in [2.24, 2.45) is 0 Å². The monoisotopic (exact) mass is 418 g/mol. The van der Waals surface area contributed by atoms with Gasteiger partial charge in [-0.25, -0.2) is 9.59 Å². The van der Waals surface area contributed by atoms with Crippen LogP contribution in [0.15, 0.2) is 27.8 Å². The molecule has 1 amide bonds. The number of amides is 1. The molecular formula is C20H26N4O6. The van der Waals surface area contributed by atoms with Crippen molar-refractivity contribution in [1.82, 2.24) is 14.0 Å². The normalized spacial score (nSPS) is 15.9. The molecule has 10 heteroatoms. The predicted molar refractivity (Wildman–Crippen MR) is 111 cm³/mol. The molecule has 2 aromatic rings. The zero-order chi connectivity index (χ0) is 22.0. The summed E-state index contributed by atoms with van der Waals surface area (Å²) in [5.41, 5.74) is -0.763. The molecule has 0 N–H and O–H groups in total. The molecule has 1 aliphatic heterocycles. The molecule has 1 aromatic heterocycles. The number of carbonyl (C=O) groups excluding carboxylic acids is 1. The Morgan fingerprint density at radius 3 is 2.50 bits per heavy atom. The van der Waals surface area contributed by atoms with E-state index in [1.54, 1.807) is 11.8 Å². The number of hydrogen-bond donors (Lipinski definition) is 0. The average Bonchev–Trinajstić information content (AvgIpc) is 2.74. The first-order valence-corrected chi connectivity index (χ1v) is 10.2. The van der Waals surface area contributed by atoms with Crippen molar-refractivity contribution < 1.29 is 14.5 Å². The van der Waals surface area contributed by atoms with Crippen molar-refractivity contribution in [3.05, 3.63) is 49.2 Å². The van der Waals surface area contributed by atoms with Gasteiger partial charge in [0.1, 0.15) is 0 Å². The van der Waals surface area contributed by atoms with Gasteiger partial charge in [0.25, 0.3) is 11.2 Å². The standard InChI is InChI=1S/C20H26N4O6/c1-4-13(3)22-17-7-6-15(24(28)29)12-16(17)18(25)23(19(22)26)14-8-10-21(11-9-14)20(27)30-5-2/h6-7,12-14H,4-5,8-11H2,1-3H3. The fourth-order valence-corrected chi connectivity index (χ4v) is 3.91. The number of nitro groups is 1. The second-order valence-corrected chi connectivity index (χ2v) is 7.46. The molecule has 30 heavy (non-hydrogen) atoms. The number of nitro benzene ring substituents is 1. The Morgan fingerprint density at radius 2 is 1.93 bits per heavy atom. The fraction of sp³-hybridized carbons (Fsp3) is 0.550. The molecule has 1 aliphatic rings. The molecule has 10 nitrogen and oxygen atoms in total. The Bertz CT molecular complexity index is 1080. The maximum Gasteiger partial charge on any atom is 0.409 e. The lowest BCUT2D eigenvalue weighted by Gasteiger charge is -2.32. The van der Waals surface area contributed by atoms with Gasteiger partial charge in [-0.15, -0.1) is 0 Å². The van der Waals surface area contributed by atoms with Gasteiger partial charge in [0.15, 0.2) is 0 Å². The quantitative estimate of drug-likeness (QED) is 0.544. The lowest BCUT2D eigenvalue weighted by molar-refractivity contribution is -0.384. The number of non-ortho nitro benzene ring substituents is 1. The average molecular weight is 418 g/mol. The van der Waals surface area contributed by atoms with Crippen molar-refractivity contribution >= 4 is 22.7 Å². The first kappa shape index (κ1) is 21.5. The van der Waals surface area contributed by atoms with Crippen LogP contribution in [0.25, 0.3) is 10.9 Å². The number of piperidine rings is 1. The molecule has 1 atom stereocenters. The number of likely N-dealkylation sites (tertiary alicyclic amines) is 1. The fourth-order valence-electron chi connectivity index (χ4n) is 3.91. The highest BCUT2D eigenvalue weighted by Crippen LogP contribution is 2.24. The minimum atomic E-state index is -0.556. The minimum Gasteiger partial charge on any atom is -0.450 e. The number of rotatable bonds is 5. The van der Waals surface area contributed by atoms with E-state index >= 15 is 0 Å². The second-order valence-electron chi connectivity index (χ2n) is 7.46. The Hall–Kier alpha value is -3.17. The molecule has 3 rings (SSSR count). The van der Waals surface area contributed by atoms with E-state index in [0.29, 0.717) is 37.9 Å². The van der Waals surface area contributed by atoms with E-state index in [1.165, 1.54) is 27.3 Å². The van der Waals surface area contributed by atoms with Gasteiger partial charge < -0.3 is 9.64 Å². The van der Waals surface area contributed by atoms with E-state index in [9.17, 15) is 24.5 Å². The zero-order valence-corrected chi connectivity index (χ0v) is 17.4. The maximum atomic E-state index is 13.3. The highest BCUT2D eigenvalue weighted by molar-refractivity contribution is 5.80. The molecular weight excluding hydrogens is 392 g/mol. The Balaban J connectivity index is 2.11. The lowest BCUT2D eigenvalue weighted by atomic mass is 10.0. The summed E-state index contributed by atoms with van der Waals surface area (Å²) in [6.45, 7) is 6.55. The number of hydrogen-bond acceptors (Lipinski definition) is 6. The summed E-state index contributed by atoms with van der Waals surface area (Å²) in [5.74, 6) is 0. The van der Waals surface area contributed by atoms with E-state index in [1.807, 2.05) is 13.8 Å². The maximum absolute atomic E-state index is 13.3. The van der Waals surface area contributed by atoms with E-state index in [0.717, 1.165) is 0 Å². The molecule has 2 heterocycles. The molecule has 0 saturated carbocycles. The number of fused-ring (bicyclic) bond motifs is 1. The van der Waals surface area contributed by atoms with Crippen LogP contribution in [-0.2, 0) is 4.74 Å². The number of carbonyl (C=O) groups is 1. The molecule has 1 unspecified atom stereocenters. The van der Waals surface area contributed by atoms with Crippen LogP contribution in [0.2, 0.25) is 0 Å². The van der Waals surface area contributed by atoms with E-state index < -0.39 is 28.3 Å².